The number of thioether (sulfide) groups is 1. The van der Waals surface area contributed by atoms with E-state index in [0.717, 1.165) is 29.6 Å². The highest BCUT2D eigenvalue weighted by atomic mass is 35.5. The summed E-state index contributed by atoms with van der Waals surface area (Å²) in [6.07, 6.45) is 3.93. The molecule has 0 aliphatic carbocycles. The van der Waals surface area contributed by atoms with E-state index in [0.29, 0.717) is 17.5 Å². The van der Waals surface area contributed by atoms with Crippen molar-refractivity contribution in [2.45, 2.75) is 36.9 Å². The number of anilines is 1. The van der Waals surface area contributed by atoms with Crippen LogP contribution >= 0.6 is 35.5 Å². The van der Waals surface area contributed by atoms with Crippen molar-refractivity contribution in [2.75, 3.05) is 24.2 Å². The number of halogens is 1. The summed E-state index contributed by atoms with van der Waals surface area (Å²) in [6, 6.07) is 0. The van der Waals surface area contributed by atoms with Crippen LogP contribution in [0.1, 0.15) is 32.6 Å². The van der Waals surface area contributed by atoms with Crippen LogP contribution in [0.25, 0.3) is 0 Å². The first kappa shape index (κ1) is 17.7. The first-order valence-corrected chi connectivity index (χ1v) is 8.55. The summed E-state index contributed by atoms with van der Waals surface area (Å²) >= 11 is 3.09. The van der Waals surface area contributed by atoms with Crippen molar-refractivity contribution in [3.8, 4) is 0 Å². The van der Waals surface area contributed by atoms with Crippen molar-refractivity contribution < 1.29 is 4.79 Å². The maximum Gasteiger partial charge on any atom is 0.226 e. The van der Waals surface area contributed by atoms with Gasteiger partial charge in [0.1, 0.15) is 0 Å². The van der Waals surface area contributed by atoms with Gasteiger partial charge in [0.25, 0.3) is 0 Å². The zero-order valence-electron chi connectivity index (χ0n) is 11.6. The summed E-state index contributed by atoms with van der Waals surface area (Å²) in [4.78, 5) is 11.8. The van der Waals surface area contributed by atoms with Gasteiger partial charge in [-0.25, -0.2) is 0 Å². The number of hydrogen-bond donors (Lipinski definition) is 2. The lowest BCUT2D eigenvalue weighted by molar-refractivity contribution is -0.116. The van der Waals surface area contributed by atoms with Gasteiger partial charge in [0.15, 0.2) is 4.34 Å². The zero-order valence-corrected chi connectivity index (χ0v) is 14.0. The van der Waals surface area contributed by atoms with Gasteiger partial charge in [-0.05, 0) is 44.0 Å². The Kier molecular flexibility index (Phi) is 8.44. The third kappa shape index (κ3) is 5.95. The van der Waals surface area contributed by atoms with Crippen LogP contribution in [0, 0.1) is 5.92 Å². The van der Waals surface area contributed by atoms with Gasteiger partial charge in [-0.3, -0.25) is 4.79 Å². The second kappa shape index (κ2) is 9.55. The van der Waals surface area contributed by atoms with Crippen LogP contribution in [0.3, 0.4) is 0 Å². The molecule has 0 unspecified atom stereocenters. The molecule has 0 atom stereocenters. The second-order valence-corrected chi connectivity index (χ2v) is 7.08. The van der Waals surface area contributed by atoms with Gasteiger partial charge >= 0.3 is 0 Å². The molecule has 1 saturated heterocycles. The molecule has 2 N–H and O–H groups in total. The number of hydrogen-bond acceptors (Lipinski definition) is 6. The monoisotopic (exact) mass is 336 g/mol. The number of nitrogens with zero attached hydrogens (tertiary/aromatic N) is 2. The second-order valence-electron chi connectivity index (χ2n) is 4.59. The lowest BCUT2D eigenvalue weighted by atomic mass is 9.93. The van der Waals surface area contributed by atoms with E-state index < -0.39 is 0 Å². The Hall–Kier alpha value is -0.370. The third-order valence-corrected chi connectivity index (χ3v) is 5.01. The number of amides is 1. The standard InChI is InChI=1S/C12H20N4OS2.ClH/c1-2-18-12-16-15-11(19-12)14-10(17)4-3-9-5-7-13-8-6-9;/h9,13H,2-8H2,1H3,(H,14,15,17);1H. The van der Waals surface area contributed by atoms with Crippen molar-refractivity contribution in [3.63, 3.8) is 0 Å². The molecule has 1 fully saturated rings. The molecule has 0 aromatic carbocycles. The van der Waals surface area contributed by atoms with E-state index in [2.05, 4.69) is 27.8 Å². The Morgan fingerprint density at radius 2 is 2.20 bits per heavy atom. The summed E-state index contributed by atoms with van der Waals surface area (Å²) < 4.78 is 0.913. The Morgan fingerprint density at radius 3 is 2.90 bits per heavy atom. The molecule has 8 heteroatoms. The fourth-order valence-electron chi connectivity index (χ4n) is 2.13. The number of rotatable bonds is 6. The molecule has 1 amide bonds. The summed E-state index contributed by atoms with van der Waals surface area (Å²) in [5, 5.41) is 14.8. The normalized spacial score (nSPS) is 15.7. The molecule has 1 aliphatic rings. The Bertz CT molecular complexity index is 410. The maximum atomic E-state index is 11.8. The summed E-state index contributed by atoms with van der Waals surface area (Å²) in [5.74, 6) is 1.72. The number of aromatic nitrogens is 2. The topological polar surface area (TPSA) is 66.9 Å². The number of carbonyl (C=O) groups is 1. The highest BCUT2D eigenvalue weighted by molar-refractivity contribution is 8.01. The maximum absolute atomic E-state index is 11.8. The third-order valence-electron chi connectivity index (χ3n) is 3.16. The van der Waals surface area contributed by atoms with Crippen molar-refractivity contribution >= 4 is 46.5 Å². The molecule has 2 rings (SSSR count). The molecular weight excluding hydrogens is 316 g/mol. The largest absolute Gasteiger partial charge is 0.317 e. The van der Waals surface area contributed by atoms with Crippen molar-refractivity contribution in [3.05, 3.63) is 0 Å². The molecular formula is C12H21ClN4OS2. The van der Waals surface area contributed by atoms with Crippen LogP contribution in [0.4, 0.5) is 5.13 Å². The summed E-state index contributed by atoms with van der Waals surface area (Å²) in [7, 11) is 0. The first-order valence-electron chi connectivity index (χ1n) is 6.74. The molecule has 114 valence electrons. The van der Waals surface area contributed by atoms with Crippen LogP contribution < -0.4 is 10.6 Å². The number of piperidine rings is 1. The van der Waals surface area contributed by atoms with Gasteiger partial charge in [0, 0.05) is 6.42 Å². The van der Waals surface area contributed by atoms with E-state index in [1.165, 1.54) is 24.2 Å². The number of nitrogens with one attached hydrogen (secondary N) is 2. The number of carbonyl (C=O) groups excluding carboxylic acids is 1. The van der Waals surface area contributed by atoms with E-state index in [9.17, 15) is 4.79 Å². The predicted molar refractivity (Wildman–Crippen MR) is 87.0 cm³/mol. The fraction of sp³-hybridized carbons (Fsp3) is 0.750. The molecule has 0 saturated carbocycles. The molecule has 2 heterocycles. The molecule has 1 aliphatic heterocycles. The smallest absolute Gasteiger partial charge is 0.226 e. The van der Waals surface area contributed by atoms with E-state index in [1.807, 2.05) is 0 Å². The van der Waals surface area contributed by atoms with Crippen LogP contribution in [0.15, 0.2) is 4.34 Å². The Morgan fingerprint density at radius 1 is 1.45 bits per heavy atom. The average Bonchev–Trinajstić information content (AvgIpc) is 2.85. The molecule has 1 aromatic rings. The average molecular weight is 337 g/mol. The van der Waals surface area contributed by atoms with Gasteiger partial charge in [-0.1, -0.05) is 30.0 Å². The van der Waals surface area contributed by atoms with Gasteiger partial charge in [0.2, 0.25) is 11.0 Å². The van der Waals surface area contributed by atoms with Crippen LogP contribution in [-0.2, 0) is 4.79 Å². The molecule has 0 spiro atoms. The van der Waals surface area contributed by atoms with E-state index >= 15 is 0 Å². The Balaban J connectivity index is 0.00000200. The summed E-state index contributed by atoms with van der Waals surface area (Å²) in [5.41, 5.74) is 0. The molecule has 5 nitrogen and oxygen atoms in total. The van der Waals surface area contributed by atoms with E-state index in [-0.39, 0.29) is 18.3 Å². The highest BCUT2D eigenvalue weighted by Crippen LogP contribution is 2.25. The van der Waals surface area contributed by atoms with Gasteiger partial charge in [0.05, 0.1) is 0 Å². The fourth-order valence-corrected chi connectivity index (χ4v) is 3.79. The minimum atomic E-state index is 0. The molecule has 1 aromatic heterocycles. The molecule has 0 radical (unpaired) electrons. The molecule has 20 heavy (non-hydrogen) atoms. The van der Waals surface area contributed by atoms with E-state index in [4.69, 9.17) is 0 Å². The minimum Gasteiger partial charge on any atom is -0.317 e. The first-order chi connectivity index (χ1) is 9.28. The zero-order chi connectivity index (χ0) is 13.5. The van der Waals surface area contributed by atoms with Crippen molar-refractivity contribution in [1.82, 2.24) is 15.5 Å². The lowest BCUT2D eigenvalue weighted by Gasteiger charge is -2.21. The Labute approximate surface area is 134 Å². The predicted octanol–water partition coefficient (Wildman–Crippen LogP) is 2.79. The quantitative estimate of drug-likeness (QED) is 0.617. The van der Waals surface area contributed by atoms with Crippen molar-refractivity contribution in [2.24, 2.45) is 5.92 Å². The van der Waals surface area contributed by atoms with Gasteiger partial charge in [-0.15, -0.1) is 22.6 Å². The lowest BCUT2D eigenvalue weighted by Crippen LogP contribution is -2.28. The van der Waals surface area contributed by atoms with Crippen LogP contribution in [0.5, 0.6) is 0 Å². The van der Waals surface area contributed by atoms with E-state index in [1.54, 1.807) is 11.8 Å². The minimum absolute atomic E-state index is 0. The van der Waals surface area contributed by atoms with Crippen molar-refractivity contribution in [1.29, 1.82) is 0 Å². The van der Waals surface area contributed by atoms with Crippen LogP contribution in [0.2, 0.25) is 0 Å². The van der Waals surface area contributed by atoms with Crippen LogP contribution in [-0.4, -0.2) is 34.9 Å². The van der Waals surface area contributed by atoms with Gasteiger partial charge in [-0.2, -0.15) is 0 Å². The van der Waals surface area contributed by atoms with Gasteiger partial charge < -0.3 is 10.6 Å². The summed E-state index contributed by atoms with van der Waals surface area (Å²) in [6.45, 7) is 4.24. The molecule has 0 bridgehead atoms. The SMILES string of the molecule is CCSc1nnc(NC(=O)CCC2CCNCC2)s1.Cl. The highest BCUT2D eigenvalue weighted by Gasteiger charge is 2.15.